The maximum absolute atomic E-state index is 9.67. The fourth-order valence-corrected chi connectivity index (χ4v) is 2.70. The first-order chi connectivity index (χ1) is 9.28. The topological polar surface area (TPSA) is 70.1 Å². The first-order valence-corrected chi connectivity index (χ1v) is 7.19. The molecule has 0 radical (unpaired) electrons. The van der Waals surface area contributed by atoms with Gasteiger partial charge in [0.2, 0.25) is 0 Å². The van der Waals surface area contributed by atoms with Crippen molar-refractivity contribution in [1.82, 2.24) is 9.97 Å². The second kappa shape index (κ2) is 6.70. The fraction of sp³-hybridized carbons (Fsp3) is 0.714. The highest BCUT2D eigenvalue weighted by atomic mass is 16.3. The average Bonchev–Trinajstić information content (AvgIpc) is 2.47. The van der Waals surface area contributed by atoms with Crippen molar-refractivity contribution in [2.75, 3.05) is 30.3 Å². The van der Waals surface area contributed by atoms with E-state index in [1.165, 1.54) is 19.3 Å². The normalized spacial score (nSPS) is 18.0. The highest BCUT2D eigenvalue weighted by Crippen LogP contribution is 2.35. The third kappa shape index (κ3) is 3.80. The molecule has 0 atom stereocenters. The number of nitrogens with zero attached hydrogens (tertiary/aromatic N) is 2. The summed E-state index contributed by atoms with van der Waals surface area (Å²) in [6.45, 7) is 3.92. The number of aliphatic hydroxyl groups excluding tert-OH is 1. The van der Waals surface area contributed by atoms with Crippen molar-refractivity contribution in [2.24, 2.45) is 5.41 Å². The molecule has 106 valence electrons. The summed E-state index contributed by atoms with van der Waals surface area (Å²) in [6, 6.07) is 1.91. The van der Waals surface area contributed by atoms with E-state index in [2.05, 4.69) is 20.6 Å². The van der Waals surface area contributed by atoms with Crippen LogP contribution >= 0.6 is 0 Å². The van der Waals surface area contributed by atoms with Gasteiger partial charge in [-0.2, -0.15) is 0 Å². The molecule has 0 saturated heterocycles. The Labute approximate surface area is 114 Å². The lowest BCUT2D eigenvalue weighted by molar-refractivity contribution is 0.0943. The number of hydrogen-bond acceptors (Lipinski definition) is 5. The lowest BCUT2D eigenvalue weighted by atomic mass is 9.74. The molecule has 3 N–H and O–H groups in total. The van der Waals surface area contributed by atoms with Gasteiger partial charge in [0.1, 0.15) is 18.0 Å². The molecule has 2 rings (SSSR count). The molecule has 0 aliphatic heterocycles. The van der Waals surface area contributed by atoms with Crippen LogP contribution < -0.4 is 10.6 Å². The Bertz CT molecular complexity index is 391. The summed E-state index contributed by atoms with van der Waals surface area (Å²) in [5.74, 6) is 1.66. The van der Waals surface area contributed by atoms with Gasteiger partial charge in [-0.15, -0.1) is 0 Å². The highest BCUT2D eigenvalue weighted by Gasteiger charge is 2.31. The van der Waals surface area contributed by atoms with E-state index in [9.17, 15) is 5.11 Å². The fourth-order valence-electron chi connectivity index (χ4n) is 2.70. The van der Waals surface area contributed by atoms with Gasteiger partial charge in [0, 0.05) is 24.6 Å². The van der Waals surface area contributed by atoms with Crippen molar-refractivity contribution in [3.05, 3.63) is 12.4 Å². The van der Waals surface area contributed by atoms with Gasteiger partial charge >= 0.3 is 0 Å². The second-order valence-corrected chi connectivity index (χ2v) is 5.39. The van der Waals surface area contributed by atoms with E-state index in [4.69, 9.17) is 0 Å². The van der Waals surface area contributed by atoms with Gasteiger partial charge in [0.25, 0.3) is 0 Å². The number of aromatic nitrogens is 2. The molecule has 0 amide bonds. The maximum Gasteiger partial charge on any atom is 0.131 e. The summed E-state index contributed by atoms with van der Waals surface area (Å²) in [4.78, 5) is 8.38. The van der Waals surface area contributed by atoms with E-state index in [-0.39, 0.29) is 12.0 Å². The van der Waals surface area contributed by atoms with Crippen molar-refractivity contribution in [2.45, 2.75) is 39.0 Å². The largest absolute Gasteiger partial charge is 0.396 e. The van der Waals surface area contributed by atoms with Crippen LogP contribution in [0.4, 0.5) is 11.6 Å². The Morgan fingerprint density at radius 1 is 1.16 bits per heavy atom. The van der Waals surface area contributed by atoms with Gasteiger partial charge in [-0.25, -0.2) is 9.97 Å². The van der Waals surface area contributed by atoms with Gasteiger partial charge in [0.05, 0.1) is 6.61 Å². The number of aliphatic hydroxyl groups is 1. The Balaban J connectivity index is 1.94. The van der Waals surface area contributed by atoms with Crippen molar-refractivity contribution in [1.29, 1.82) is 0 Å². The van der Waals surface area contributed by atoms with Gasteiger partial charge in [-0.1, -0.05) is 19.3 Å². The highest BCUT2D eigenvalue weighted by molar-refractivity contribution is 5.46. The zero-order valence-electron chi connectivity index (χ0n) is 11.7. The molecule has 1 fully saturated rings. The van der Waals surface area contributed by atoms with Gasteiger partial charge in [-0.05, 0) is 19.8 Å². The zero-order chi connectivity index (χ0) is 13.6. The van der Waals surface area contributed by atoms with Crippen molar-refractivity contribution in [3.8, 4) is 0 Å². The molecular formula is C14H24N4O. The predicted octanol–water partition coefficient (Wildman–Crippen LogP) is 2.26. The van der Waals surface area contributed by atoms with E-state index < -0.39 is 0 Å². The van der Waals surface area contributed by atoms with Crippen LogP contribution in [-0.4, -0.2) is 34.8 Å². The third-order valence-corrected chi connectivity index (χ3v) is 3.92. The second-order valence-electron chi connectivity index (χ2n) is 5.39. The van der Waals surface area contributed by atoms with Crippen molar-refractivity contribution >= 4 is 11.6 Å². The standard InChI is InChI=1S/C14H24N4O/c1-2-15-12-8-13(18-11-17-12)16-9-14(10-19)6-4-3-5-7-14/h8,11,19H,2-7,9-10H2,1H3,(H2,15,16,17,18). The van der Waals surface area contributed by atoms with Gasteiger partial charge in [0.15, 0.2) is 0 Å². The first-order valence-electron chi connectivity index (χ1n) is 7.19. The molecule has 5 heteroatoms. The third-order valence-electron chi connectivity index (χ3n) is 3.92. The van der Waals surface area contributed by atoms with Gasteiger partial charge in [-0.3, -0.25) is 0 Å². The number of rotatable bonds is 6. The van der Waals surface area contributed by atoms with Crippen LogP contribution in [0.1, 0.15) is 39.0 Å². The molecule has 19 heavy (non-hydrogen) atoms. The molecule has 5 nitrogen and oxygen atoms in total. The number of hydrogen-bond donors (Lipinski definition) is 3. The van der Waals surface area contributed by atoms with Crippen LogP contribution in [0.25, 0.3) is 0 Å². The smallest absolute Gasteiger partial charge is 0.131 e. The minimum Gasteiger partial charge on any atom is -0.396 e. The average molecular weight is 264 g/mol. The van der Waals surface area contributed by atoms with Crippen LogP contribution in [0, 0.1) is 5.41 Å². The van der Waals surface area contributed by atoms with Crippen LogP contribution in [0.3, 0.4) is 0 Å². The van der Waals surface area contributed by atoms with Crippen LogP contribution in [0.5, 0.6) is 0 Å². The van der Waals surface area contributed by atoms with E-state index in [1.807, 2.05) is 13.0 Å². The molecule has 0 unspecified atom stereocenters. The lowest BCUT2D eigenvalue weighted by Crippen LogP contribution is -2.35. The summed E-state index contributed by atoms with van der Waals surface area (Å²) in [5, 5.41) is 16.2. The minimum atomic E-state index is 0.0293. The maximum atomic E-state index is 9.67. The van der Waals surface area contributed by atoms with E-state index >= 15 is 0 Å². The first kappa shape index (κ1) is 14.1. The lowest BCUT2D eigenvalue weighted by Gasteiger charge is -2.35. The number of anilines is 2. The molecule has 1 aromatic heterocycles. The van der Waals surface area contributed by atoms with Crippen LogP contribution in [-0.2, 0) is 0 Å². The van der Waals surface area contributed by atoms with Gasteiger partial charge < -0.3 is 15.7 Å². The van der Waals surface area contributed by atoms with E-state index in [1.54, 1.807) is 6.33 Å². The van der Waals surface area contributed by atoms with Crippen molar-refractivity contribution < 1.29 is 5.11 Å². The molecule has 1 aliphatic carbocycles. The SMILES string of the molecule is CCNc1cc(NCC2(CO)CCCCC2)ncn1. The van der Waals surface area contributed by atoms with Crippen molar-refractivity contribution in [3.63, 3.8) is 0 Å². The zero-order valence-corrected chi connectivity index (χ0v) is 11.7. The van der Waals surface area contributed by atoms with Crippen LogP contribution in [0.15, 0.2) is 12.4 Å². The Hall–Kier alpha value is -1.36. The summed E-state index contributed by atoms with van der Waals surface area (Å²) in [5.41, 5.74) is 0.0293. The van der Waals surface area contributed by atoms with E-state index in [0.717, 1.165) is 37.6 Å². The molecule has 1 aliphatic rings. The Kier molecular flexibility index (Phi) is 4.96. The summed E-state index contributed by atoms with van der Waals surface area (Å²) < 4.78 is 0. The Morgan fingerprint density at radius 3 is 2.47 bits per heavy atom. The molecule has 0 bridgehead atoms. The molecular weight excluding hydrogens is 240 g/mol. The van der Waals surface area contributed by atoms with Crippen LogP contribution in [0.2, 0.25) is 0 Å². The molecule has 1 aromatic rings. The quantitative estimate of drug-likeness (QED) is 0.735. The number of nitrogens with one attached hydrogen (secondary N) is 2. The summed E-state index contributed by atoms with van der Waals surface area (Å²) in [7, 11) is 0. The summed E-state index contributed by atoms with van der Waals surface area (Å²) >= 11 is 0. The molecule has 0 spiro atoms. The summed E-state index contributed by atoms with van der Waals surface area (Å²) in [6.07, 6.45) is 7.49. The molecule has 0 aromatic carbocycles. The minimum absolute atomic E-state index is 0.0293. The predicted molar refractivity (Wildman–Crippen MR) is 77.3 cm³/mol. The Morgan fingerprint density at radius 2 is 1.84 bits per heavy atom. The molecule has 1 heterocycles. The monoisotopic (exact) mass is 264 g/mol. The molecule has 1 saturated carbocycles. The van der Waals surface area contributed by atoms with E-state index in [0.29, 0.717) is 0 Å².